The smallest absolute Gasteiger partial charge is 0.338 e. The molecule has 0 bridgehead atoms. The molecule has 0 aliphatic carbocycles. The number of ether oxygens (including phenoxy) is 2. The van der Waals surface area contributed by atoms with Gasteiger partial charge in [-0.3, -0.25) is 19.7 Å². The number of unbranched alkanes of at least 4 members (excludes halogenated alkanes) is 1. The number of carbonyl (C=O) groups is 3. The molecule has 25 heavy (non-hydrogen) atoms. The third kappa shape index (κ3) is 6.58. The van der Waals surface area contributed by atoms with E-state index in [1.165, 1.54) is 13.2 Å². The first-order valence-corrected chi connectivity index (χ1v) is 7.70. The van der Waals surface area contributed by atoms with Crippen molar-refractivity contribution in [3.63, 3.8) is 0 Å². The fourth-order valence-corrected chi connectivity index (χ4v) is 1.98. The molecular formula is C16H20N2O7. The maximum absolute atomic E-state index is 12.1. The largest absolute Gasteiger partial charge is 0.469 e. The van der Waals surface area contributed by atoms with Crippen molar-refractivity contribution in [1.82, 2.24) is 5.32 Å². The number of non-ortho nitro benzene ring substituents is 1. The second kappa shape index (κ2) is 10.0. The zero-order chi connectivity index (χ0) is 18.8. The summed E-state index contributed by atoms with van der Waals surface area (Å²) >= 11 is 0. The van der Waals surface area contributed by atoms with Gasteiger partial charge in [-0.1, -0.05) is 0 Å². The van der Waals surface area contributed by atoms with Crippen LogP contribution in [0.5, 0.6) is 0 Å². The molecule has 0 aliphatic heterocycles. The van der Waals surface area contributed by atoms with E-state index in [1.807, 2.05) is 0 Å². The highest BCUT2D eigenvalue weighted by atomic mass is 16.6. The van der Waals surface area contributed by atoms with Gasteiger partial charge in [0, 0.05) is 30.7 Å². The number of carbonyl (C=O) groups excluding carboxylic acids is 3. The summed E-state index contributed by atoms with van der Waals surface area (Å²) in [5.41, 5.74) is -0.446. The van der Waals surface area contributed by atoms with E-state index in [0.717, 1.165) is 12.1 Å². The summed E-state index contributed by atoms with van der Waals surface area (Å²) in [6, 6.07) is 3.40. The Morgan fingerprint density at radius 3 is 2.44 bits per heavy atom. The van der Waals surface area contributed by atoms with E-state index in [2.05, 4.69) is 10.1 Å². The molecular weight excluding hydrogens is 332 g/mol. The number of rotatable bonds is 9. The molecule has 0 aromatic heterocycles. The van der Waals surface area contributed by atoms with Gasteiger partial charge < -0.3 is 14.8 Å². The number of nitrogens with one attached hydrogen (secondary N) is 1. The lowest BCUT2D eigenvalue weighted by Crippen LogP contribution is -2.25. The molecule has 9 heteroatoms. The van der Waals surface area contributed by atoms with Crippen LogP contribution in [0.1, 0.15) is 46.9 Å². The van der Waals surface area contributed by atoms with Crippen LogP contribution in [0, 0.1) is 10.1 Å². The summed E-state index contributed by atoms with van der Waals surface area (Å²) in [4.78, 5) is 45.2. The third-order valence-electron chi connectivity index (χ3n) is 3.22. The van der Waals surface area contributed by atoms with E-state index in [-0.39, 0.29) is 42.4 Å². The molecule has 0 fully saturated rings. The molecule has 0 radical (unpaired) electrons. The number of esters is 2. The summed E-state index contributed by atoms with van der Waals surface area (Å²) in [6.07, 6.45) is 1.33. The van der Waals surface area contributed by atoms with E-state index in [9.17, 15) is 24.5 Å². The number of benzene rings is 1. The molecule has 0 saturated heterocycles. The lowest BCUT2D eigenvalue weighted by atomic mass is 10.1. The van der Waals surface area contributed by atoms with Crippen molar-refractivity contribution in [3.05, 3.63) is 39.4 Å². The van der Waals surface area contributed by atoms with Crippen molar-refractivity contribution in [1.29, 1.82) is 0 Å². The van der Waals surface area contributed by atoms with Crippen LogP contribution >= 0.6 is 0 Å². The number of nitrogens with zero attached hydrogens (tertiary/aromatic N) is 1. The van der Waals surface area contributed by atoms with Crippen LogP contribution < -0.4 is 5.32 Å². The van der Waals surface area contributed by atoms with Crippen molar-refractivity contribution in [2.75, 3.05) is 20.3 Å². The van der Waals surface area contributed by atoms with Crippen LogP contribution in [0.15, 0.2) is 18.2 Å². The minimum Gasteiger partial charge on any atom is -0.469 e. The molecule has 0 saturated carbocycles. The Kier molecular flexibility index (Phi) is 8.04. The molecule has 1 aromatic rings. The van der Waals surface area contributed by atoms with Crippen molar-refractivity contribution < 1.29 is 28.8 Å². The molecule has 0 heterocycles. The molecule has 0 spiro atoms. The number of hydrogen-bond donors (Lipinski definition) is 1. The lowest BCUT2D eigenvalue weighted by Gasteiger charge is -2.07. The van der Waals surface area contributed by atoms with Gasteiger partial charge in [0.05, 0.1) is 24.2 Å². The first kappa shape index (κ1) is 20.1. The van der Waals surface area contributed by atoms with Gasteiger partial charge in [-0.2, -0.15) is 0 Å². The first-order chi connectivity index (χ1) is 11.9. The third-order valence-corrected chi connectivity index (χ3v) is 3.22. The Balaban J connectivity index is 2.74. The standard InChI is InChI=1S/C16H20N2O7/c1-3-25-16(21)12-8-11(9-13(10-12)18(22)23)15(20)17-7-5-4-6-14(19)24-2/h8-10H,3-7H2,1-2H3,(H,17,20). The highest BCUT2D eigenvalue weighted by Crippen LogP contribution is 2.18. The van der Waals surface area contributed by atoms with Crippen LogP contribution in [0.2, 0.25) is 0 Å². The van der Waals surface area contributed by atoms with Gasteiger partial charge in [0.1, 0.15) is 0 Å². The Morgan fingerprint density at radius 1 is 1.16 bits per heavy atom. The van der Waals surface area contributed by atoms with E-state index in [4.69, 9.17) is 4.74 Å². The number of nitro benzene ring substituents is 1. The summed E-state index contributed by atoms with van der Waals surface area (Å²) in [6.45, 7) is 2.01. The SMILES string of the molecule is CCOC(=O)c1cc(C(=O)NCCCCC(=O)OC)cc([N+](=O)[O-])c1. The maximum Gasteiger partial charge on any atom is 0.338 e. The quantitative estimate of drug-likeness (QED) is 0.311. The Labute approximate surface area is 144 Å². The van der Waals surface area contributed by atoms with Gasteiger partial charge in [-0.05, 0) is 25.8 Å². The van der Waals surface area contributed by atoms with Crippen LogP contribution in [0.3, 0.4) is 0 Å². The zero-order valence-electron chi connectivity index (χ0n) is 14.1. The minimum absolute atomic E-state index is 0.00905. The first-order valence-electron chi connectivity index (χ1n) is 7.70. The Hall–Kier alpha value is -2.97. The number of methoxy groups -OCH3 is 1. The molecule has 136 valence electrons. The normalized spacial score (nSPS) is 10.0. The van der Waals surface area contributed by atoms with Crippen LogP contribution in [0.25, 0.3) is 0 Å². The molecule has 0 atom stereocenters. The van der Waals surface area contributed by atoms with Gasteiger partial charge >= 0.3 is 11.9 Å². The summed E-state index contributed by atoms with van der Waals surface area (Å²) in [5.74, 6) is -1.62. The highest BCUT2D eigenvalue weighted by molar-refractivity contribution is 5.99. The fourth-order valence-electron chi connectivity index (χ4n) is 1.98. The van der Waals surface area contributed by atoms with Crippen LogP contribution in [-0.2, 0) is 14.3 Å². The second-order valence-corrected chi connectivity index (χ2v) is 5.04. The average Bonchev–Trinajstić information content (AvgIpc) is 2.60. The van der Waals surface area contributed by atoms with E-state index >= 15 is 0 Å². The summed E-state index contributed by atoms with van der Waals surface area (Å²) < 4.78 is 9.31. The number of hydrogen-bond acceptors (Lipinski definition) is 7. The molecule has 0 aliphatic rings. The molecule has 1 N–H and O–H groups in total. The van der Waals surface area contributed by atoms with Gasteiger partial charge in [0.25, 0.3) is 11.6 Å². The van der Waals surface area contributed by atoms with E-state index in [1.54, 1.807) is 6.92 Å². The van der Waals surface area contributed by atoms with Crippen molar-refractivity contribution in [2.45, 2.75) is 26.2 Å². The lowest BCUT2D eigenvalue weighted by molar-refractivity contribution is -0.384. The van der Waals surface area contributed by atoms with E-state index < -0.39 is 16.8 Å². The van der Waals surface area contributed by atoms with Crippen molar-refractivity contribution in [3.8, 4) is 0 Å². The van der Waals surface area contributed by atoms with Crippen LogP contribution in [-0.4, -0.2) is 43.0 Å². The monoisotopic (exact) mass is 352 g/mol. The van der Waals surface area contributed by atoms with Crippen molar-refractivity contribution >= 4 is 23.5 Å². The number of nitro groups is 1. The van der Waals surface area contributed by atoms with Gasteiger partial charge in [-0.15, -0.1) is 0 Å². The highest BCUT2D eigenvalue weighted by Gasteiger charge is 2.18. The predicted molar refractivity (Wildman–Crippen MR) is 87.3 cm³/mol. The van der Waals surface area contributed by atoms with Crippen molar-refractivity contribution in [2.24, 2.45) is 0 Å². The molecule has 9 nitrogen and oxygen atoms in total. The predicted octanol–water partition coefficient (Wildman–Crippen LogP) is 1.84. The van der Waals surface area contributed by atoms with E-state index in [0.29, 0.717) is 12.8 Å². The molecule has 1 rings (SSSR count). The topological polar surface area (TPSA) is 125 Å². The maximum atomic E-state index is 12.1. The zero-order valence-corrected chi connectivity index (χ0v) is 14.1. The minimum atomic E-state index is -0.738. The van der Waals surface area contributed by atoms with Crippen LogP contribution in [0.4, 0.5) is 5.69 Å². The second-order valence-electron chi connectivity index (χ2n) is 5.04. The van der Waals surface area contributed by atoms with Gasteiger partial charge in [-0.25, -0.2) is 4.79 Å². The Bertz CT molecular complexity index is 658. The Morgan fingerprint density at radius 2 is 1.84 bits per heavy atom. The fraction of sp³-hybridized carbons (Fsp3) is 0.438. The molecule has 1 amide bonds. The van der Waals surface area contributed by atoms with Gasteiger partial charge in [0.15, 0.2) is 0 Å². The average molecular weight is 352 g/mol. The van der Waals surface area contributed by atoms with Gasteiger partial charge in [0.2, 0.25) is 0 Å². The molecule has 0 unspecified atom stereocenters. The molecule has 1 aromatic carbocycles. The number of amides is 1. The summed E-state index contributed by atoms with van der Waals surface area (Å²) in [7, 11) is 1.30. The summed E-state index contributed by atoms with van der Waals surface area (Å²) in [5, 5.41) is 13.6.